The van der Waals surface area contributed by atoms with Crippen molar-refractivity contribution in [1.82, 2.24) is 4.98 Å². The second-order valence-corrected chi connectivity index (χ2v) is 2.59. The third-order valence-corrected chi connectivity index (χ3v) is 1.59. The van der Waals surface area contributed by atoms with Gasteiger partial charge in [-0.3, -0.25) is 0 Å². The largest absolute Gasteiger partial charge is 0.390 e. The molecule has 1 rings (SSSR count). The van der Waals surface area contributed by atoms with Gasteiger partial charge in [0.2, 0.25) is 0 Å². The minimum absolute atomic E-state index is 0.0502. The second kappa shape index (κ2) is 3.74. The molecule has 0 aliphatic heterocycles. The molecule has 0 aromatic carbocycles. The Morgan fingerprint density at radius 3 is 2.62 bits per heavy atom. The lowest BCUT2D eigenvalue weighted by Crippen LogP contribution is -2.02. The van der Waals surface area contributed by atoms with E-state index >= 15 is 0 Å². The first-order valence-corrected chi connectivity index (χ1v) is 3.61. The van der Waals surface area contributed by atoms with Crippen molar-refractivity contribution in [3.63, 3.8) is 0 Å². The topological polar surface area (TPSA) is 33.1 Å². The summed E-state index contributed by atoms with van der Waals surface area (Å²) in [5, 5.41) is 8.63. The zero-order valence-electron chi connectivity index (χ0n) is 6.89. The predicted octanol–water partition coefficient (Wildman–Crippen LogP) is 1.96. The van der Waals surface area contributed by atoms with Crippen molar-refractivity contribution in [2.24, 2.45) is 0 Å². The third kappa shape index (κ3) is 1.98. The van der Waals surface area contributed by atoms with Crippen molar-refractivity contribution in [3.05, 3.63) is 28.8 Å². The Balaban J connectivity index is 3.25. The molecule has 0 radical (unpaired) electrons. The Morgan fingerprint density at radius 2 is 2.15 bits per heavy atom. The average molecular weight is 191 g/mol. The maximum Gasteiger partial charge on any atom is 0.283 e. The highest BCUT2D eigenvalue weighted by Gasteiger charge is 2.17. The fourth-order valence-electron chi connectivity index (χ4n) is 0.977. The lowest BCUT2D eigenvalue weighted by Gasteiger charge is -2.05. The van der Waals surface area contributed by atoms with E-state index in [1.165, 1.54) is 13.0 Å². The van der Waals surface area contributed by atoms with E-state index in [2.05, 4.69) is 4.98 Å². The van der Waals surface area contributed by atoms with Gasteiger partial charge in [-0.25, -0.2) is 18.2 Å². The molecule has 0 saturated carbocycles. The minimum Gasteiger partial charge on any atom is -0.390 e. The lowest BCUT2D eigenvalue weighted by molar-refractivity contribution is 0.139. The van der Waals surface area contributed by atoms with Crippen molar-refractivity contribution in [2.45, 2.75) is 20.0 Å². The summed E-state index contributed by atoms with van der Waals surface area (Å²) in [4.78, 5) is 3.28. The molecule has 72 valence electrons. The monoisotopic (exact) mass is 191 g/mol. The summed E-state index contributed by atoms with van der Waals surface area (Å²) >= 11 is 0. The predicted molar refractivity (Wildman–Crippen MR) is 39.8 cm³/mol. The molecule has 0 aliphatic rings. The van der Waals surface area contributed by atoms with Gasteiger partial charge in [-0.1, -0.05) is 0 Å². The van der Waals surface area contributed by atoms with Gasteiger partial charge in [0.15, 0.2) is 5.82 Å². The number of pyridine rings is 1. The summed E-state index contributed by atoms with van der Waals surface area (Å²) in [5.74, 6) is -1.01. The summed E-state index contributed by atoms with van der Waals surface area (Å²) in [7, 11) is 0. The Labute approximate surface area is 73.0 Å². The molecule has 0 aliphatic carbocycles. The van der Waals surface area contributed by atoms with Gasteiger partial charge >= 0.3 is 0 Å². The van der Waals surface area contributed by atoms with Crippen molar-refractivity contribution in [2.75, 3.05) is 0 Å². The van der Waals surface area contributed by atoms with Crippen LogP contribution in [0.1, 0.15) is 23.4 Å². The molecule has 1 N–H and O–H groups in total. The molecule has 0 saturated heterocycles. The van der Waals surface area contributed by atoms with Crippen LogP contribution in [0.15, 0.2) is 6.07 Å². The van der Waals surface area contributed by atoms with Crippen LogP contribution < -0.4 is 0 Å². The number of aliphatic hydroxyl groups is 1. The van der Waals surface area contributed by atoms with Gasteiger partial charge < -0.3 is 5.11 Å². The average Bonchev–Trinajstić information content (AvgIpc) is 2.09. The number of alkyl halides is 2. The molecule has 0 spiro atoms. The van der Waals surface area contributed by atoms with E-state index in [1.54, 1.807) is 0 Å². The van der Waals surface area contributed by atoms with Gasteiger partial charge in [0.1, 0.15) is 5.69 Å². The first-order valence-electron chi connectivity index (χ1n) is 3.61. The van der Waals surface area contributed by atoms with Gasteiger partial charge in [0.05, 0.1) is 12.3 Å². The summed E-state index contributed by atoms with van der Waals surface area (Å²) in [6, 6.07) is 1.24. The van der Waals surface area contributed by atoms with E-state index in [0.29, 0.717) is 0 Å². The van der Waals surface area contributed by atoms with Crippen molar-refractivity contribution >= 4 is 0 Å². The number of hydrogen-bond donors (Lipinski definition) is 1. The van der Waals surface area contributed by atoms with Crippen LogP contribution in [0.4, 0.5) is 13.2 Å². The van der Waals surface area contributed by atoms with Crippen LogP contribution in [-0.4, -0.2) is 10.1 Å². The first kappa shape index (κ1) is 9.98. The van der Waals surface area contributed by atoms with Crippen LogP contribution in [0.3, 0.4) is 0 Å². The van der Waals surface area contributed by atoms with E-state index < -0.39 is 24.5 Å². The van der Waals surface area contributed by atoms with E-state index in [-0.39, 0.29) is 11.3 Å². The highest BCUT2D eigenvalue weighted by Crippen LogP contribution is 2.22. The highest BCUT2D eigenvalue weighted by atomic mass is 19.3. The van der Waals surface area contributed by atoms with E-state index in [1.807, 2.05) is 0 Å². The van der Waals surface area contributed by atoms with Crippen molar-refractivity contribution in [3.8, 4) is 0 Å². The number of nitrogens with zero attached hydrogens (tertiary/aromatic N) is 1. The summed E-state index contributed by atoms with van der Waals surface area (Å²) < 4.78 is 37.2. The molecular weight excluding hydrogens is 183 g/mol. The molecule has 0 unspecified atom stereocenters. The van der Waals surface area contributed by atoms with Gasteiger partial charge in [-0.2, -0.15) is 0 Å². The van der Waals surface area contributed by atoms with Crippen LogP contribution in [0, 0.1) is 12.7 Å². The van der Waals surface area contributed by atoms with Gasteiger partial charge in [-0.15, -0.1) is 0 Å². The highest BCUT2D eigenvalue weighted by molar-refractivity contribution is 5.23. The SMILES string of the molecule is Cc1cc(CO)nc(C(F)F)c1F. The molecule has 13 heavy (non-hydrogen) atoms. The molecule has 0 atom stereocenters. The maximum absolute atomic E-state index is 12.9. The number of rotatable bonds is 2. The van der Waals surface area contributed by atoms with Crippen LogP contribution in [0.2, 0.25) is 0 Å². The van der Waals surface area contributed by atoms with E-state index in [9.17, 15) is 13.2 Å². The second-order valence-electron chi connectivity index (χ2n) is 2.59. The molecule has 0 amide bonds. The fraction of sp³-hybridized carbons (Fsp3) is 0.375. The van der Waals surface area contributed by atoms with Gasteiger partial charge in [0, 0.05) is 0 Å². The number of aryl methyl sites for hydroxylation is 1. The number of aliphatic hydroxyl groups excluding tert-OH is 1. The summed E-state index contributed by atoms with van der Waals surface area (Å²) in [5.41, 5.74) is -0.785. The fourth-order valence-corrected chi connectivity index (χ4v) is 0.977. The number of aromatic nitrogens is 1. The summed E-state index contributed by atoms with van der Waals surface area (Å²) in [6.07, 6.45) is -2.95. The molecule has 5 heteroatoms. The van der Waals surface area contributed by atoms with Crippen LogP contribution in [0.5, 0.6) is 0 Å². The van der Waals surface area contributed by atoms with Crippen molar-refractivity contribution in [1.29, 1.82) is 0 Å². The normalized spacial score (nSPS) is 10.9. The Kier molecular flexibility index (Phi) is 2.87. The Bertz CT molecular complexity index is 315. The summed E-state index contributed by atoms with van der Waals surface area (Å²) in [6.45, 7) is 0.878. The molecular formula is C8H8F3NO. The van der Waals surface area contributed by atoms with Crippen LogP contribution in [0.25, 0.3) is 0 Å². The molecule has 0 bridgehead atoms. The Morgan fingerprint density at radius 1 is 1.54 bits per heavy atom. The zero-order chi connectivity index (χ0) is 10.0. The molecule has 0 fully saturated rings. The van der Waals surface area contributed by atoms with Gasteiger partial charge in [0.25, 0.3) is 6.43 Å². The Hall–Kier alpha value is -1.10. The smallest absolute Gasteiger partial charge is 0.283 e. The molecule has 2 nitrogen and oxygen atoms in total. The van der Waals surface area contributed by atoms with E-state index in [4.69, 9.17) is 5.11 Å². The first-order chi connectivity index (χ1) is 6.06. The minimum atomic E-state index is -2.95. The van der Waals surface area contributed by atoms with Gasteiger partial charge in [-0.05, 0) is 18.6 Å². The van der Waals surface area contributed by atoms with E-state index in [0.717, 1.165) is 0 Å². The maximum atomic E-state index is 12.9. The number of hydrogen-bond acceptors (Lipinski definition) is 2. The third-order valence-electron chi connectivity index (χ3n) is 1.59. The van der Waals surface area contributed by atoms with Crippen LogP contribution >= 0.6 is 0 Å². The quantitative estimate of drug-likeness (QED) is 0.775. The molecule has 1 aromatic heterocycles. The molecule has 1 heterocycles. The van der Waals surface area contributed by atoms with Crippen LogP contribution in [-0.2, 0) is 6.61 Å². The lowest BCUT2D eigenvalue weighted by atomic mass is 10.2. The van der Waals surface area contributed by atoms with Crippen molar-refractivity contribution < 1.29 is 18.3 Å². The molecule has 1 aromatic rings. The zero-order valence-corrected chi connectivity index (χ0v) is 6.89. The number of halogens is 3. The standard InChI is InChI=1S/C8H8F3NO/c1-4-2-5(3-13)12-7(6(4)9)8(10)11/h2,8,13H,3H2,1H3.